The average Bonchev–Trinajstić information content (AvgIpc) is 1.99. The fourth-order valence-corrected chi connectivity index (χ4v) is 0.612. The third kappa shape index (κ3) is 7.91. The molecule has 56 valence electrons. The van der Waals surface area contributed by atoms with Crippen LogP contribution in [0.2, 0.25) is 0 Å². The SMILES string of the molecule is [2H]C([2H])C([2H])([2H])C([2H])([2H])CCS(=O)(=O)O. The molecular formula is C5H12O3S. The molecule has 0 heterocycles. The van der Waals surface area contributed by atoms with Crippen molar-refractivity contribution in [2.75, 3.05) is 5.75 Å². The van der Waals surface area contributed by atoms with Gasteiger partial charge in [-0.2, -0.15) is 8.42 Å². The molecule has 0 rings (SSSR count). The summed E-state index contributed by atoms with van der Waals surface area (Å²) in [6.07, 6.45) is -6.25. The number of rotatable bonds is 4. The van der Waals surface area contributed by atoms with Gasteiger partial charge in [0.1, 0.15) is 0 Å². The Morgan fingerprint density at radius 3 is 2.89 bits per heavy atom. The molecular weight excluding hydrogens is 140 g/mol. The topological polar surface area (TPSA) is 54.4 Å². The van der Waals surface area contributed by atoms with E-state index in [-0.39, 0.29) is 0 Å². The van der Waals surface area contributed by atoms with Gasteiger partial charge in [0, 0.05) is 8.22 Å². The summed E-state index contributed by atoms with van der Waals surface area (Å²) in [7, 11) is -4.37. The summed E-state index contributed by atoms with van der Waals surface area (Å²) in [5.41, 5.74) is 0. The highest BCUT2D eigenvalue weighted by molar-refractivity contribution is 7.85. The van der Waals surface area contributed by atoms with Gasteiger partial charge >= 0.3 is 0 Å². The molecule has 0 atom stereocenters. The minimum atomic E-state index is -4.37. The van der Waals surface area contributed by atoms with E-state index in [2.05, 4.69) is 0 Å². The van der Waals surface area contributed by atoms with Crippen LogP contribution in [-0.4, -0.2) is 18.7 Å². The van der Waals surface area contributed by atoms with Crippen molar-refractivity contribution in [2.45, 2.75) is 26.0 Å². The molecule has 3 nitrogen and oxygen atoms in total. The van der Waals surface area contributed by atoms with Crippen molar-refractivity contribution >= 4 is 10.1 Å². The second-order valence-corrected chi connectivity index (χ2v) is 2.93. The lowest BCUT2D eigenvalue weighted by atomic mass is 10.3. The quantitative estimate of drug-likeness (QED) is 0.622. The van der Waals surface area contributed by atoms with Crippen molar-refractivity contribution in [3.8, 4) is 0 Å². The Morgan fingerprint density at radius 2 is 2.44 bits per heavy atom. The van der Waals surface area contributed by atoms with Crippen LogP contribution in [0.4, 0.5) is 0 Å². The predicted octanol–water partition coefficient (Wildman–Crippen LogP) is 1.06. The fraction of sp³-hybridized carbons (Fsp3) is 1.00. The van der Waals surface area contributed by atoms with E-state index in [1.165, 1.54) is 0 Å². The van der Waals surface area contributed by atoms with Crippen LogP contribution < -0.4 is 0 Å². The van der Waals surface area contributed by atoms with Gasteiger partial charge in [-0.15, -0.1) is 0 Å². The van der Waals surface area contributed by atoms with Crippen LogP contribution in [0, 0.1) is 0 Å². The van der Waals surface area contributed by atoms with Crippen LogP contribution in [0.1, 0.15) is 34.3 Å². The van der Waals surface area contributed by atoms with Crippen molar-refractivity contribution in [2.24, 2.45) is 0 Å². The van der Waals surface area contributed by atoms with Gasteiger partial charge in [-0.25, -0.2) is 0 Å². The first-order chi connectivity index (χ1) is 6.40. The molecule has 0 saturated carbocycles. The highest BCUT2D eigenvalue weighted by Gasteiger charge is 2.01. The molecule has 0 bridgehead atoms. The van der Waals surface area contributed by atoms with Gasteiger partial charge in [0.05, 0.1) is 5.75 Å². The molecule has 0 amide bonds. The van der Waals surface area contributed by atoms with Crippen LogP contribution in [-0.2, 0) is 10.1 Å². The summed E-state index contributed by atoms with van der Waals surface area (Å²) in [6, 6.07) is 0. The highest BCUT2D eigenvalue weighted by atomic mass is 32.2. The zero-order chi connectivity index (χ0) is 12.5. The van der Waals surface area contributed by atoms with Crippen molar-refractivity contribution in [3.05, 3.63) is 0 Å². The van der Waals surface area contributed by atoms with Crippen LogP contribution in [0.5, 0.6) is 0 Å². The molecule has 1 N–H and O–H groups in total. The maximum absolute atomic E-state index is 10.3. The third-order valence-electron chi connectivity index (χ3n) is 0.587. The predicted molar refractivity (Wildman–Crippen MR) is 35.9 cm³/mol. The summed E-state index contributed by atoms with van der Waals surface area (Å²) >= 11 is 0. The Kier molecular flexibility index (Phi) is 1.23. The molecule has 0 aliphatic heterocycles. The lowest BCUT2D eigenvalue weighted by molar-refractivity contribution is 0.480. The summed E-state index contributed by atoms with van der Waals surface area (Å²) in [5.74, 6) is -0.938. The Bertz CT molecular complexity index is 311. The first-order valence-corrected chi connectivity index (χ1v) is 3.81. The largest absolute Gasteiger partial charge is 0.286 e. The molecule has 0 radical (unpaired) electrons. The monoisotopic (exact) mass is 158 g/mol. The third-order valence-corrected chi connectivity index (χ3v) is 1.31. The highest BCUT2D eigenvalue weighted by Crippen LogP contribution is 1.96. The molecule has 0 aromatic rings. The standard InChI is InChI=1S/C5H12O3S/c1-2-3-4-5-9(6,7)8/h2-5H2,1H3,(H,6,7,8)/i1D2,2D2,3D2. The smallest absolute Gasteiger partial charge is 0.264 e. The number of hydrogen-bond donors (Lipinski definition) is 1. The maximum atomic E-state index is 10.3. The normalized spacial score (nSPS) is 25.1. The molecule has 0 fully saturated rings. The molecule has 0 saturated heterocycles. The van der Waals surface area contributed by atoms with E-state index in [0.717, 1.165) is 0 Å². The van der Waals surface area contributed by atoms with E-state index in [1.807, 2.05) is 0 Å². The molecule has 4 heteroatoms. The van der Waals surface area contributed by atoms with E-state index in [0.29, 0.717) is 0 Å². The van der Waals surface area contributed by atoms with E-state index in [4.69, 9.17) is 12.8 Å². The van der Waals surface area contributed by atoms with Crippen molar-refractivity contribution in [1.29, 1.82) is 0 Å². The van der Waals surface area contributed by atoms with E-state index >= 15 is 0 Å². The van der Waals surface area contributed by atoms with Crippen LogP contribution in [0.3, 0.4) is 0 Å². The minimum absolute atomic E-state index is 0.799. The Balaban J connectivity index is 4.69. The van der Waals surface area contributed by atoms with Crippen LogP contribution in [0.25, 0.3) is 0 Å². The van der Waals surface area contributed by atoms with E-state index in [1.54, 1.807) is 0 Å². The Labute approximate surface area is 64.3 Å². The molecule has 0 unspecified atom stereocenters. The lowest BCUT2D eigenvalue weighted by Gasteiger charge is -1.92. The summed E-state index contributed by atoms with van der Waals surface area (Å²) in [4.78, 5) is 0. The van der Waals surface area contributed by atoms with Crippen molar-refractivity contribution < 1.29 is 21.2 Å². The molecule has 0 aromatic heterocycles. The zero-order valence-electron chi connectivity index (χ0n) is 10.7. The zero-order valence-corrected chi connectivity index (χ0v) is 5.48. The molecule has 0 aliphatic rings. The summed E-state index contributed by atoms with van der Waals surface area (Å²) in [5, 5.41) is 0. The fourth-order valence-electron chi connectivity index (χ4n) is 0.252. The van der Waals surface area contributed by atoms with Crippen LogP contribution in [0.15, 0.2) is 0 Å². The van der Waals surface area contributed by atoms with Gasteiger partial charge in [-0.1, -0.05) is 19.6 Å². The molecule has 0 spiro atoms. The Hall–Kier alpha value is -0.0900. The van der Waals surface area contributed by atoms with Gasteiger partial charge in [0.25, 0.3) is 10.1 Å². The van der Waals surface area contributed by atoms with Crippen molar-refractivity contribution in [1.82, 2.24) is 0 Å². The maximum Gasteiger partial charge on any atom is 0.264 e. The van der Waals surface area contributed by atoms with Crippen LogP contribution >= 0.6 is 0 Å². The molecule has 0 aromatic carbocycles. The summed E-state index contributed by atoms with van der Waals surface area (Å²) < 4.78 is 71.4. The minimum Gasteiger partial charge on any atom is -0.286 e. The molecule has 0 aliphatic carbocycles. The van der Waals surface area contributed by atoms with Gasteiger partial charge < -0.3 is 0 Å². The second kappa shape index (κ2) is 3.85. The van der Waals surface area contributed by atoms with Gasteiger partial charge in [0.15, 0.2) is 0 Å². The first kappa shape index (κ1) is 2.88. The van der Waals surface area contributed by atoms with Gasteiger partial charge in [-0.05, 0) is 6.42 Å². The second-order valence-electron chi connectivity index (χ2n) is 1.36. The number of hydrogen-bond acceptors (Lipinski definition) is 2. The first-order valence-electron chi connectivity index (χ1n) is 5.35. The van der Waals surface area contributed by atoms with E-state index < -0.39 is 41.9 Å². The van der Waals surface area contributed by atoms with Gasteiger partial charge in [0.2, 0.25) is 0 Å². The molecule has 9 heavy (non-hydrogen) atoms. The van der Waals surface area contributed by atoms with Gasteiger partial charge in [-0.3, -0.25) is 4.55 Å². The van der Waals surface area contributed by atoms with E-state index in [9.17, 15) is 8.42 Å². The lowest BCUT2D eigenvalue weighted by Crippen LogP contribution is -2.02. The Morgan fingerprint density at radius 1 is 1.78 bits per heavy atom. The van der Waals surface area contributed by atoms with Crippen molar-refractivity contribution in [3.63, 3.8) is 0 Å². The summed E-state index contributed by atoms with van der Waals surface area (Å²) in [6.45, 7) is -2.08. The average molecular weight is 158 g/mol.